The van der Waals surface area contributed by atoms with Crippen molar-refractivity contribution < 1.29 is 28.8 Å². The zero-order valence-electron chi connectivity index (χ0n) is 18.5. The molecule has 174 valence electrons. The highest BCUT2D eigenvalue weighted by Crippen LogP contribution is 2.36. The summed E-state index contributed by atoms with van der Waals surface area (Å²) < 4.78 is 15.5. The van der Waals surface area contributed by atoms with Crippen molar-refractivity contribution in [2.24, 2.45) is 0 Å². The van der Waals surface area contributed by atoms with Crippen molar-refractivity contribution in [3.8, 4) is 0 Å². The number of aliphatic hydroxyl groups is 1. The van der Waals surface area contributed by atoms with E-state index in [0.29, 0.717) is 12.8 Å². The number of nitrogens with one attached hydrogen (secondary N) is 1. The second-order valence-electron chi connectivity index (χ2n) is 7.96. The monoisotopic (exact) mass is 437 g/mol. The van der Waals surface area contributed by atoms with Gasteiger partial charge in [-0.1, -0.05) is 90.9 Å². The van der Waals surface area contributed by atoms with Crippen molar-refractivity contribution in [2.75, 3.05) is 6.61 Å². The molecule has 0 bridgehead atoms. The summed E-state index contributed by atoms with van der Waals surface area (Å²) in [6.07, 6.45) is 14.2. The number of hydrogen-bond acceptors (Lipinski definition) is 4. The Labute approximate surface area is 177 Å². The minimum atomic E-state index is -4.65. The number of hydrogen-bond donors (Lipinski definition) is 4. The Hall–Kier alpha value is -0.460. The number of carbonyl (C=O) groups is 1. The molecule has 2 atom stereocenters. The van der Waals surface area contributed by atoms with Crippen molar-refractivity contribution in [3.05, 3.63) is 0 Å². The summed E-state index contributed by atoms with van der Waals surface area (Å²) in [7, 11) is -4.65. The molecule has 0 spiro atoms. The molecule has 0 heterocycles. The Morgan fingerprint density at radius 1 is 0.862 bits per heavy atom. The van der Waals surface area contributed by atoms with Crippen LogP contribution in [0.4, 0.5) is 0 Å². The van der Waals surface area contributed by atoms with E-state index in [4.69, 9.17) is 9.79 Å². The van der Waals surface area contributed by atoms with Crippen LogP contribution in [0, 0.1) is 0 Å². The van der Waals surface area contributed by atoms with Gasteiger partial charge in [0.25, 0.3) is 0 Å². The first-order chi connectivity index (χ1) is 13.8. The molecule has 8 heteroatoms. The van der Waals surface area contributed by atoms with Crippen LogP contribution < -0.4 is 5.32 Å². The molecule has 0 saturated carbocycles. The smallest absolute Gasteiger partial charge is 0.391 e. The number of rotatable bonds is 20. The predicted octanol–water partition coefficient (Wildman–Crippen LogP) is 4.83. The first-order valence-corrected chi connectivity index (χ1v) is 13.0. The Morgan fingerprint density at radius 2 is 1.34 bits per heavy atom. The van der Waals surface area contributed by atoms with Gasteiger partial charge in [0.15, 0.2) is 0 Å². The molecule has 29 heavy (non-hydrogen) atoms. The van der Waals surface area contributed by atoms with Gasteiger partial charge in [0, 0.05) is 6.42 Å². The molecule has 0 aromatic carbocycles. The summed E-state index contributed by atoms with van der Waals surface area (Å²) in [6, 6.07) is -0.810. The summed E-state index contributed by atoms with van der Waals surface area (Å²) in [4.78, 5) is 30.0. The van der Waals surface area contributed by atoms with Gasteiger partial charge in [0.1, 0.15) is 0 Å². The third kappa shape index (κ3) is 19.3. The van der Waals surface area contributed by atoms with E-state index < -0.39 is 26.6 Å². The molecule has 4 N–H and O–H groups in total. The number of aliphatic hydroxyl groups excluding tert-OH is 1. The summed E-state index contributed by atoms with van der Waals surface area (Å²) in [5.74, 6) is -0.212. The average molecular weight is 438 g/mol. The van der Waals surface area contributed by atoms with Crippen LogP contribution in [-0.4, -0.2) is 39.6 Å². The van der Waals surface area contributed by atoms with E-state index in [1.165, 1.54) is 32.1 Å². The Kier molecular flexibility index (Phi) is 18.0. The van der Waals surface area contributed by atoms with Gasteiger partial charge in [0.2, 0.25) is 5.91 Å². The number of unbranched alkanes of at least 4 members (excludes halogenated alkanes) is 11. The molecule has 0 aliphatic carbocycles. The fourth-order valence-electron chi connectivity index (χ4n) is 3.28. The SMILES string of the molecule is CCCCCCCCCC[C@@H](O)[C@H](COP(=O)(O)O)NC(=O)CCCCCCC. The molecule has 0 radical (unpaired) electrons. The van der Waals surface area contributed by atoms with Crippen LogP contribution >= 0.6 is 7.82 Å². The van der Waals surface area contributed by atoms with Crippen LogP contribution in [0.25, 0.3) is 0 Å². The third-order valence-electron chi connectivity index (χ3n) is 5.09. The van der Waals surface area contributed by atoms with Crippen molar-refractivity contribution in [1.82, 2.24) is 5.32 Å². The normalized spacial score (nSPS) is 14.0. The van der Waals surface area contributed by atoms with Crippen LogP contribution in [0.3, 0.4) is 0 Å². The molecule has 0 fully saturated rings. The van der Waals surface area contributed by atoms with Crippen LogP contribution in [-0.2, 0) is 13.9 Å². The topological polar surface area (TPSA) is 116 Å². The Bertz CT molecular complexity index is 443. The summed E-state index contributed by atoms with van der Waals surface area (Å²) in [5.41, 5.74) is 0. The lowest BCUT2D eigenvalue weighted by atomic mass is 10.0. The minimum Gasteiger partial charge on any atom is -0.391 e. The van der Waals surface area contributed by atoms with E-state index in [1.54, 1.807) is 0 Å². The highest BCUT2D eigenvalue weighted by molar-refractivity contribution is 7.46. The zero-order chi connectivity index (χ0) is 22.0. The Morgan fingerprint density at radius 3 is 1.86 bits per heavy atom. The van der Waals surface area contributed by atoms with E-state index >= 15 is 0 Å². The molecular weight excluding hydrogens is 393 g/mol. The first kappa shape index (κ1) is 28.5. The molecule has 0 rings (SSSR count). The Balaban J connectivity index is 4.25. The van der Waals surface area contributed by atoms with Gasteiger partial charge < -0.3 is 20.2 Å². The fraction of sp³-hybridized carbons (Fsp3) is 0.952. The summed E-state index contributed by atoms with van der Waals surface area (Å²) in [6.45, 7) is 3.93. The number of amides is 1. The van der Waals surface area contributed by atoms with Crippen molar-refractivity contribution in [2.45, 2.75) is 122 Å². The summed E-state index contributed by atoms with van der Waals surface area (Å²) >= 11 is 0. The molecule has 0 saturated heterocycles. The van der Waals surface area contributed by atoms with E-state index in [1.807, 2.05) is 0 Å². The lowest BCUT2D eigenvalue weighted by Gasteiger charge is -2.24. The van der Waals surface area contributed by atoms with Gasteiger partial charge in [-0.3, -0.25) is 9.32 Å². The van der Waals surface area contributed by atoms with Gasteiger partial charge in [-0.25, -0.2) is 4.57 Å². The van der Waals surface area contributed by atoms with E-state index in [-0.39, 0.29) is 5.91 Å². The number of phosphoric ester groups is 1. The van der Waals surface area contributed by atoms with Crippen LogP contribution in [0.5, 0.6) is 0 Å². The standard InChI is InChI=1S/C21H44NO6P/c1-3-5-7-9-10-11-13-14-16-20(23)19(18-28-29(25,26)27)22-21(24)17-15-12-8-6-4-2/h19-20,23H,3-18H2,1-2H3,(H,22,24)(H2,25,26,27)/t19-,20+/m0/s1. The lowest BCUT2D eigenvalue weighted by molar-refractivity contribution is -0.123. The second-order valence-corrected chi connectivity index (χ2v) is 9.19. The maximum Gasteiger partial charge on any atom is 0.469 e. The first-order valence-electron chi connectivity index (χ1n) is 11.5. The predicted molar refractivity (Wildman–Crippen MR) is 117 cm³/mol. The molecule has 0 aliphatic rings. The van der Waals surface area contributed by atoms with E-state index in [9.17, 15) is 14.5 Å². The zero-order valence-corrected chi connectivity index (χ0v) is 19.4. The largest absolute Gasteiger partial charge is 0.469 e. The molecule has 7 nitrogen and oxygen atoms in total. The fourth-order valence-corrected chi connectivity index (χ4v) is 3.64. The molecule has 0 aliphatic heterocycles. The van der Waals surface area contributed by atoms with Gasteiger partial charge in [-0.15, -0.1) is 0 Å². The highest BCUT2D eigenvalue weighted by atomic mass is 31.2. The van der Waals surface area contributed by atoms with Crippen molar-refractivity contribution >= 4 is 13.7 Å². The maximum atomic E-state index is 12.1. The van der Waals surface area contributed by atoms with E-state index in [2.05, 4.69) is 23.7 Å². The van der Waals surface area contributed by atoms with Gasteiger partial charge in [0.05, 0.1) is 18.8 Å². The minimum absolute atomic E-state index is 0.212. The molecule has 0 unspecified atom stereocenters. The highest BCUT2D eigenvalue weighted by Gasteiger charge is 2.25. The molecular formula is C21H44NO6P. The maximum absolute atomic E-state index is 12.1. The third-order valence-corrected chi connectivity index (χ3v) is 5.58. The average Bonchev–Trinajstić information content (AvgIpc) is 2.66. The number of carbonyl (C=O) groups excluding carboxylic acids is 1. The second kappa shape index (κ2) is 18.3. The van der Waals surface area contributed by atoms with Gasteiger partial charge in [-0.05, 0) is 12.8 Å². The quantitative estimate of drug-likeness (QED) is 0.160. The lowest BCUT2D eigenvalue weighted by Crippen LogP contribution is -2.46. The molecule has 0 aromatic heterocycles. The van der Waals surface area contributed by atoms with E-state index in [0.717, 1.165) is 51.4 Å². The van der Waals surface area contributed by atoms with Crippen LogP contribution in [0.2, 0.25) is 0 Å². The number of phosphoric acid groups is 1. The van der Waals surface area contributed by atoms with Crippen molar-refractivity contribution in [3.63, 3.8) is 0 Å². The van der Waals surface area contributed by atoms with Gasteiger partial charge >= 0.3 is 7.82 Å². The molecule has 1 amide bonds. The summed E-state index contributed by atoms with van der Waals surface area (Å²) in [5, 5.41) is 13.1. The van der Waals surface area contributed by atoms with Crippen molar-refractivity contribution in [1.29, 1.82) is 0 Å². The van der Waals surface area contributed by atoms with Crippen LogP contribution in [0.15, 0.2) is 0 Å². The van der Waals surface area contributed by atoms with Crippen LogP contribution in [0.1, 0.15) is 110 Å². The van der Waals surface area contributed by atoms with Gasteiger partial charge in [-0.2, -0.15) is 0 Å². The molecule has 0 aromatic rings.